The van der Waals surface area contributed by atoms with Gasteiger partial charge in [-0.2, -0.15) is 0 Å². The van der Waals surface area contributed by atoms with Crippen molar-refractivity contribution in [3.8, 4) is 0 Å². The zero-order valence-corrected chi connectivity index (χ0v) is 14.0. The summed E-state index contributed by atoms with van der Waals surface area (Å²) >= 11 is 9.25. The molecule has 21 heavy (non-hydrogen) atoms. The van der Waals surface area contributed by atoms with E-state index in [9.17, 15) is 4.79 Å². The summed E-state index contributed by atoms with van der Waals surface area (Å²) in [5.74, 6) is -0.143. The quantitative estimate of drug-likeness (QED) is 0.799. The fraction of sp³-hybridized carbons (Fsp3) is 0.286. The SMILES string of the molecule is Cc1cc(Br)cc(NC(=O)CCc2c(C)noc2Cl)c1N. The lowest BCUT2D eigenvalue weighted by Gasteiger charge is -2.11. The molecule has 112 valence electrons. The number of benzene rings is 1. The Balaban J connectivity index is 2.03. The average Bonchev–Trinajstić information content (AvgIpc) is 2.72. The number of anilines is 2. The van der Waals surface area contributed by atoms with Gasteiger partial charge in [-0.3, -0.25) is 4.79 Å². The summed E-state index contributed by atoms with van der Waals surface area (Å²) in [5.41, 5.74) is 9.47. The van der Waals surface area contributed by atoms with Gasteiger partial charge in [0.1, 0.15) is 0 Å². The number of nitrogen functional groups attached to an aromatic ring is 1. The highest BCUT2D eigenvalue weighted by Crippen LogP contribution is 2.28. The number of nitrogens with zero attached hydrogens (tertiary/aromatic N) is 1. The molecule has 0 bridgehead atoms. The van der Waals surface area contributed by atoms with Crippen molar-refractivity contribution in [1.82, 2.24) is 5.16 Å². The van der Waals surface area contributed by atoms with Gasteiger partial charge in [-0.25, -0.2) is 0 Å². The zero-order valence-electron chi connectivity index (χ0n) is 11.7. The van der Waals surface area contributed by atoms with E-state index in [4.69, 9.17) is 21.9 Å². The number of hydrogen-bond acceptors (Lipinski definition) is 4. The Hall–Kier alpha value is -1.53. The first-order valence-electron chi connectivity index (χ1n) is 6.34. The molecule has 2 aromatic rings. The molecule has 0 radical (unpaired) electrons. The predicted molar refractivity (Wildman–Crippen MR) is 86.5 cm³/mol. The van der Waals surface area contributed by atoms with Crippen molar-refractivity contribution >= 4 is 44.8 Å². The molecule has 0 aliphatic rings. The second-order valence-corrected chi connectivity index (χ2v) is 6.01. The molecule has 0 saturated heterocycles. The molecule has 1 heterocycles. The third kappa shape index (κ3) is 3.77. The predicted octanol–water partition coefficient (Wildman–Crippen LogP) is 3.86. The largest absolute Gasteiger partial charge is 0.397 e. The summed E-state index contributed by atoms with van der Waals surface area (Å²) in [4.78, 5) is 12.0. The van der Waals surface area contributed by atoms with Crippen LogP contribution in [0.4, 0.5) is 11.4 Å². The number of carbonyl (C=O) groups excluding carboxylic acids is 1. The standard InChI is InChI=1S/C14H15BrClN3O2/c1-7-5-9(15)6-11(13(7)17)18-12(20)4-3-10-8(2)19-21-14(10)16/h5-6H,3-4,17H2,1-2H3,(H,18,20). The van der Waals surface area contributed by atoms with E-state index < -0.39 is 0 Å². The molecular formula is C14H15BrClN3O2. The Labute approximate surface area is 136 Å². The maximum atomic E-state index is 12.0. The Morgan fingerprint density at radius 2 is 2.19 bits per heavy atom. The zero-order chi connectivity index (χ0) is 15.6. The first kappa shape index (κ1) is 15.9. The highest BCUT2D eigenvalue weighted by atomic mass is 79.9. The van der Waals surface area contributed by atoms with Gasteiger partial charge in [0.2, 0.25) is 11.1 Å². The highest BCUT2D eigenvalue weighted by Gasteiger charge is 2.14. The normalized spacial score (nSPS) is 10.7. The molecule has 0 spiro atoms. The molecule has 2 rings (SSSR count). The smallest absolute Gasteiger partial charge is 0.229 e. The van der Waals surface area contributed by atoms with Crippen LogP contribution in [0.3, 0.4) is 0 Å². The van der Waals surface area contributed by atoms with Crippen molar-refractivity contribution in [2.24, 2.45) is 0 Å². The van der Waals surface area contributed by atoms with Crippen molar-refractivity contribution in [2.45, 2.75) is 26.7 Å². The maximum Gasteiger partial charge on any atom is 0.229 e. The van der Waals surface area contributed by atoms with Crippen molar-refractivity contribution in [1.29, 1.82) is 0 Å². The van der Waals surface area contributed by atoms with Gasteiger partial charge in [-0.1, -0.05) is 21.1 Å². The fourth-order valence-corrected chi connectivity index (χ4v) is 2.79. The van der Waals surface area contributed by atoms with E-state index in [1.807, 2.05) is 13.0 Å². The maximum absolute atomic E-state index is 12.0. The Morgan fingerprint density at radius 3 is 2.81 bits per heavy atom. The van der Waals surface area contributed by atoms with Gasteiger partial charge in [0.15, 0.2) is 0 Å². The number of hydrogen-bond donors (Lipinski definition) is 2. The minimum Gasteiger partial charge on any atom is -0.397 e. The number of nitrogens with two attached hydrogens (primary N) is 1. The third-order valence-corrected chi connectivity index (χ3v) is 3.92. The van der Waals surface area contributed by atoms with Crippen LogP contribution in [0, 0.1) is 13.8 Å². The van der Waals surface area contributed by atoms with E-state index in [0.717, 1.165) is 15.6 Å². The molecule has 0 aliphatic carbocycles. The number of rotatable bonds is 4. The number of halogens is 2. The number of carbonyl (C=O) groups is 1. The van der Waals surface area contributed by atoms with E-state index in [2.05, 4.69) is 26.4 Å². The van der Waals surface area contributed by atoms with Gasteiger partial charge in [0.05, 0.1) is 17.1 Å². The van der Waals surface area contributed by atoms with Crippen molar-refractivity contribution in [3.63, 3.8) is 0 Å². The summed E-state index contributed by atoms with van der Waals surface area (Å²) in [5, 5.41) is 6.79. The molecule has 3 N–H and O–H groups in total. The molecule has 1 aromatic heterocycles. The topological polar surface area (TPSA) is 81.2 Å². The number of amides is 1. The first-order valence-corrected chi connectivity index (χ1v) is 7.51. The Kier molecular flexibility index (Phi) is 4.90. The summed E-state index contributed by atoms with van der Waals surface area (Å²) in [6.45, 7) is 3.67. The van der Waals surface area contributed by atoms with Crippen LogP contribution in [-0.2, 0) is 11.2 Å². The molecule has 0 aliphatic heterocycles. The van der Waals surface area contributed by atoms with E-state index in [-0.39, 0.29) is 17.5 Å². The summed E-state index contributed by atoms with van der Waals surface area (Å²) in [7, 11) is 0. The van der Waals surface area contributed by atoms with Gasteiger partial charge < -0.3 is 15.6 Å². The molecule has 1 amide bonds. The fourth-order valence-electron chi connectivity index (χ4n) is 1.95. The highest BCUT2D eigenvalue weighted by molar-refractivity contribution is 9.10. The monoisotopic (exact) mass is 371 g/mol. The number of aryl methyl sites for hydroxylation is 2. The minimum absolute atomic E-state index is 0.143. The summed E-state index contributed by atoms with van der Waals surface area (Å²) in [6, 6.07) is 3.67. The van der Waals surface area contributed by atoms with Crippen LogP contribution < -0.4 is 11.1 Å². The van der Waals surface area contributed by atoms with Gasteiger partial charge in [-0.15, -0.1) is 0 Å². The van der Waals surface area contributed by atoms with Crippen LogP contribution in [0.5, 0.6) is 0 Å². The molecule has 0 fully saturated rings. The van der Waals surface area contributed by atoms with E-state index in [1.165, 1.54) is 0 Å². The molecule has 0 atom stereocenters. The lowest BCUT2D eigenvalue weighted by molar-refractivity contribution is -0.116. The van der Waals surface area contributed by atoms with E-state index in [1.54, 1.807) is 13.0 Å². The second kappa shape index (κ2) is 6.49. The van der Waals surface area contributed by atoms with E-state index >= 15 is 0 Å². The molecule has 0 saturated carbocycles. The van der Waals surface area contributed by atoms with Crippen molar-refractivity contribution < 1.29 is 9.32 Å². The van der Waals surface area contributed by atoms with Gasteiger partial charge in [0.25, 0.3) is 0 Å². The van der Waals surface area contributed by atoms with Crippen LogP contribution in [-0.4, -0.2) is 11.1 Å². The first-order chi connectivity index (χ1) is 9.88. The second-order valence-electron chi connectivity index (χ2n) is 4.75. The van der Waals surface area contributed by atoms with Crippen LogP contribution in [0.1, 0.15) is 23.2 Å². The van der Waals surface area contributed by atoms with Gasteiger partial charge in [-0.05, 0) is 49.6 Å². The van der Waals surface area contributed by atoms with Crippen molar-refractivity contribution in [2.75, 3.05) is 11.1 Å². The molecule has 0 unspecified atom stereocenters. The molecular weight excluding hydrogens is 358 g/mol. The third-order valence-electron chi connectivity index (χ3n) is 3.16. The average molecular weight is 373 g/mol. The summed E-state index contributed by atoms with van der Waals surface area (Å²) < 4.78 is 5.72. The van der Waals surface area contributed by atoms with Crippen molar-refractivity contribution in [3.05, 3.63) is 38.6 Å². The van der Waals surface area contributed by atoms with Crippen LogP contribution in [0.25, 0.3) is 0 Å². The molecule has 5 nitrogen and oxygen atoms in total. The van der Waals surface area contributed by atoms with Crippen LogP contribution in [0.15, 0.2) is 21.1 Å². The number of aromatic nitrogens is 1. The lowest BCUT2D eigenvalue weighted by atomic mass is 10.1. The van der Waals surface area contributed by atoms with Crippen LogP contribution in [0.2, 0.25) is 5.22 Å². The summed E-state index contributed by atoms with van der Waals surface area (Å²) in [6.07, 6.45) is 0.736. The van der Waals surface area contributed by atoms with Gasteiger partial charge >= 0.3 is 0 Å². The Bertz CT molecular complexity index is 666. The lowest BCUT2D eigenvalue weighted by Crippen LogP contribution is -2.14. The van der Waals surface area contributed by atoms with E-state index in [0.29, 0.717) is 23.5 Å². The molecule has 1 aromatic carbocycles. The Morgan fingerprint density at radius 1 is 1.48 bits per heavy atom. The van der Waals surface area contributed by atoms with Crippen LogP contribution >= 0.6 is 27.5 Å². The number of nitrogens with one attached hydrogen (secondary N) is 1. The molecule has 7 heteroatoms. The van der Waals surface area contributed by atoms with Gasteiger partial charge in [0, 0.05) is 16.5 Å². The minimum atomic E-state index is -0.143.